The van der Waals surface area contributed by atoms with Crippen LogP contribution in [0.25, 0.3) is 0 Å². The zero-order valence-corrected chi connectivity index (χ0v) is 31.1. The smallest absolute Gasteiger partial charge is 0.410 e. The van der Waals surface area contributed by atoms with E-state index in [-0.39, 0.29) is 60.5 Å². The van der Waals surface area contributed by atoms with Gasteiger partial charge in [-0.05, 0) is 67.4 Å². The van der Waals surface area contributed by atoms with Crippen LogP contribution in [0.3, 0.4) is 0 Å². The summed E-state index contributed by atoms with van der Waals surface area (Å²) in [5, 5.41) is -0.292. The van der Waals surface area contributed by atoms with E-state index in [4.69, 9.17) is 124 Å². The van der Waals surface area contributed by atoms with Crippen LogP contribution >= 0.6 is 73.3 Å². The molecule has 0 unspecified atom stereocenters. The van der Waals surface area contributed by atoms with Gasteiger partial charge >= 0.3 is 33.0 Å². The molecule has 0 radical (unpaired) electrons. The molecule has 0 atom stereocenters. The molecule has 224 valence electrons. The van der Waals surface area contributed by atoms with Gasteiger partial charge in [0.15, 0.2) is 10.2 Å². The zero-order valence-electron chi connectivity index (χ0n) is 21.0. The van der Waals surface area contributed by atoms with Gasteiger partial charge in [-0.15, -0.1) is 0 Å². The van der Waals surface area contributed by atoms with Gasteiger partial charge in [0.05, 0.1) is 0 Å². The van der Waals surface area contributed by atoms with Crippen LogP contribution in [0.1, 0.15) is 53.4 Å². The summed E-state index contributed by atoms with van der Waals surface area (Å²) in [5.41, 5.74) is -2.51. The maximum absolute atomic E-state index is 12.5. The summed E-state index contributed by atoms with van der Waals surface area (Å²) in [5.74, 6) is -1.96. The molecule has 20 heteroatoms. The van der Waals surface area contributed by atoms with E-state index in [1.54, 1.807) is 27.7 Å². The second-order valence-corrected chi connectivity index (χ2v) is 12.6. The quantitative estimate of drug-likeness (QED) is 0.181. The van der Waals surface area contributed by atoms with Crippen molar-refractivity contribution < 1.29 is 52.2 Å². The third-order valence-electron chi connectivity index (χ3n) is 6.36. The number of hydrogen-bond acceptors (Lipinski definition) is 14. The summed E-state index contributed by atoms with van der Waals surface area (Å²) in [6, 6.07) is 0. The van der Waals surface area contributed by atoms with Crippen LogP contribution < -0.4 is 0 Å². The van der Waals surface area contributed by atoms with Gasteiger partial charge < -0.3 is 99.4 Å². The molecular weight excluding hydrogens is 798 g/mol. The van der Waals surface area contributed by atoms with Crippen LogP contribution in [0.4, 0.5) is 0 Å². The van der Waals surface area contributed by atoms with Crippen LogP contribution in [-0.4, -0.2) is 70.7 Å². The summed E-state index contributed by atoms with van der Waals surface area (Å²) in [6.07, 6.45) is 1.19. The molecule has 0 aliphatic carbocycles. The summed E-state index contributed by atoms with van der Waals surface area (Å²) in [6.45, 7) is 6.96. The molecule has 0 spiro atoms. The fraction of sp³-hybridized carbons (Fsp3) is 0.500. The molecule has 0 N–H and O–H groups in total. The first kappa shape index (κ1) is 42.4. The van der Waals surface area contributed by atoms with E-state index in [0.29, 0.717) is 25.7 Å². The van der Waals surface area contributed by atoms with E-state index >= 15 is 0 Å². The minimum Gasteiger partial charge on any atom is -0.410 e. The first-order chi connectivity index (χ1) is 17.5. The van der Waals surface area contributed by atoms with Crippen molar-refractivity contribution in [2.24, 2.45) is 10.8 Å². The minimum absolute atomic E-state index is 0. The summed E-state index contributed by atoms with van der Waals surface area (Å²) < 4.78 is -0.537. The minimum atomic E-state index is -1.26. The first-order valence-electron chi connectivity index (χ1n) is 10.8. The molecule has 2 saturated heterocycles. The predicted octanol–water partition coefficient (Wildman–Crippen LogP) is 2.82. The van der Waals surface area contributed by atoms with Crippen molar-refractivity contribution >= 4 is 175 Å². The Hall–Kier alpha value is 0.287. The average molecular weight is 818 g/mol. The van der Waals surface area contributed by atoms with Crippen molar-refractivity contribution in [3.05, 3.63) is 0 Å². The molecule has 2 rings (SSSR count). The van der Waals surface area contributed by atoms with Crippen molar-refractivity contribution in [2.45, 2.75) is 53.4 Å². The third kappa shape index (κ3) is 7.49. The van der Waals surface area contributed by atoms with Crippen molar-refractivity contribution in [3.8, 4) is 0 Å². The summed E-state index contributed by atoms with van der Waals surface area (Å²) >= 11 is 49.0. The molecule has 0 aromatic rings. The fourth-order valence-electron chi connectivity index (χ4n) is 3.94. The monoisotopic (exact) mass is 816 g/mol. The SMILES string of the molecule is CCC1(CC)C(=O)N(C(=S)[S-])C(=S)N(C(=S)[S-])C1=O.CCC1(CC)C(=O)N(C(=S)[S-])C(=S)N(C(=S)[S-])C1=O.[Ni+2].[Ni+2]. The Morgan fingerprint density at radius 3 is 0.775 bits per heavy atom. The second-order valence-electron chi connectivity index (χ2n) is 7.77. The molecule has 2 aliphatic heterocycles. The Balaban J connectivity index is 0. The molecule has 2 fully saturated rings. The predicted molar refractivity (Wildman–Crippen MR) is 178 cm³/mol. The third-order valence-corrected chi connectivity index (χ3v) is 8.55. The Bertz CT molecular complexity index is 996. The standard InChI is InChI=1S/2C10H12N2O2S5.2Ni/c2*1-3-10(4-2)5(13)11(8(16)17)7(15)12(6(10)14)9(18)19;;/h2*3-4H2,1-2H3,(H,16,17)(H,18,19);;/q;;2*+2/p-4. The van der Waals surface area contributed by atoms with E-state index < -0.39 is 34.5 Å². The molecular formula is C20H20N4Ni2O4S10. The first-order valence-corrected chi connectivity index (χ1v) is 14.9. The molecule has 0 saturated carbocycles. The van der Waals surface area contributed by atoms with Gasteiger partial charge in [0.1, 0.15) is 10.8 Å². The molecule has 40 heavy (non-hydrogen) atoms. The van der Waals surface area contributed by atoms with Crippen molar-refractivity contribution in [2.75, 3.05) is 0 Å². The molecule has 0 bridgehead atoms. The number of hydrogen-bond donors (Lipinski definition) is 0. The number of nitrogens with zero attached hydrogens (tertiary/aromatic N) is 4. The molecule has 2 aliphatic rings. The maximum atomic E-state index is 12.5. The Kier molecular flexibility index (Phi) is 18.0. The van der Waals surface area contributed by atoms with Gasteiger partial charge in [-0.1, -0.05) is 27.7 Å². The maximum Gasteiger partial charge on any atom is 2.00 e. The van der Waals surface area contributed by atoms with Gasteiger partial charge in [-0.2, -0.15) is 0 Å². The van der Waals surface area contributed by atoms with Crippen LogP contribution in [0, 0.1) is 10.8 Å². The van der Waals surface area contributed by atoms with Gasteiger partial charge in [0, 0.05) is 0 Å². The summed E-state index contributed by atoms with van der Waals surface area (Å²) in [4.78, 5) is 54.0. The van der Waals surface area contributed by atoms with Crippen molar-refractivity contribution in [1.82, 2.24) is 19.6 Å². The number of carbonyl (C=O) groups excluding carboxylic acids is 4. The Morgan fingerprint density at radius 2 is 0.675 bits per heavy atom. The number of rotatable bonds is 4. The van der Waals surface area contributed by atoms with E-state index in [2.05, 4.69) is 0 Å². The number of thiocarbonyl (C=S) groups is 6. The fourth-order valence-corrected chi connectivity index (χ4v) is 6.45. The van der Waals surface area contributed by atoms with Crippen LogP contribution in [0.2, 0.25) is 0 Å². The van der Waals surface area contributed by atoms with Crippen molar-refractivity contribution in [1.29, 1.82) is 0 Å². The van der Waals surface area contributed by atoms with E-state index in [9.17, 15) is 19.2 Å². The molecule has 0 aromatic heterocycles. The van der Waals surface area contributed by atoms with Crippen LogP contribution in [0.5, 0.6) is 0 Å². The van der Waals surface area contributed by atoms with E-state index in [1.165, 1.54) is 0 Å². The average Bonchev–Trinajstić information content (AvgIpc) is 2.80. The van der Waals surface area contributed by atoms with E-state index in [0.717, 1.165) is 19.6 Å². The second kappa shape index (κ2) is 17.0. The van der Waals surface area contributed by atoms with Gasteiger partial charge in [0.25, 0.3) is 0 Å². The molecule has 8 nitrogen and oxygen atoms in total. The number of amides is 4. The van der Waals surface area contributed by atoms with Gasteiger partial charge in [0.2, 0.25) is 23.6 Å². The van der Waals surface area contributed by atoms with Crippen LogP contribution in [0.15, 0.2) is 0 Å². The zero-order chi connectivity index (χ0) is 29.9. The topological polar surface area (TPSA) is 81.2 Å². The largest absolute Gasteiger partial charge is 2.00 e. The Morgan fingerprint density at radius 1 is 0.525 bits per heavy atom. The normalized spacial score (nSPS) is 17.8. The molecule has 0 aromatic carbocycles. The molecule has 4 amide bonds. The van der Waals surface area contributed by atoms with Gasteiger partial charge in [-0.25, -0.2) is 0 Å². The van der Waals surface area contributed by atoms with Crippen LogP contribution in [-0.2, 0) is 103 Å². The number of carbonyl (C=O) groups is 4. The van der Waals surface area contributed by atoms with E-state index in [1.807, 2.05) is 0 Å². The molecule has 2 heterocycles. The van der Waals surface area contributed by atoms with Gasteiger partial charge in [-0.3, -0.25) is 38.8 Å². The van der Waals surface area contributed by atoms with Crippen molar-refractivity contribution in [3.63, 3.8) is 0 Å². The Labute approximate surface area is 307 Å². The summed E-state index contributed by atoms with van der Waals surface area (Å²) in [7, 11) is 0.